The number of amides is 1. The number of nitrogens with one attached hydrogen (secondary N) is 1. The van der Waals surface area contributed by atoms with Crippen LogP contribution in [0.1, 0.15) is 43.0 Å². The minimum atomic E-state index is -1.26. The molecule has 0 aliphatic heterocycles. The molecular weight excluding hydrogens is 350 g/mol. The van der Waals surface area contributed by atoms with Crippen molar-refractivity contribution in [3.8, 4) is 17.2 Å². The number of aromatic carboxylic acids is 1. The van der Waals surface area contributed by atoms with Crippen LogP contribution in [0.3, 0.4) is 0 Å². The van der Waals surface area contributed by atoms with Crippen molar-refractivity contribution in [1.29, 1.82) is 0 Å². The molecule has 0 bridgehead atoms. The Morgan fingerprint density at radius 1 is 1.00 bits per heavy atom. The van der Waals surface area contributed by atoms with E-state index >= 15 is 0 Å². The van der Waals surface area contributed by atoms with E-state index < -0.39 is 17.8 Å². The van der Waals surface area contributed by atoms with Crippen molar-refractivity contribution in [2.24, 2.45) is 0 Å². The molecule has 0 atom stereocenters. The van der Waals surface area contributed by atoms with E-state index in [9.17, 15) is 14.7 Å². The van der Waals surface area contributed by atoms with E-state index in [2.05, 4.69) is 12.2 Å². The van der Waals surface area contributed by atoms with Gasteiger partial charge >= 0.3 is 12.1 Å². The molecule has 7 heteroatoms. The number of unbranched alkanes of at least 4 members (excludes halogenated alkanes) is 3. The molecule has 1 amide bonds. The second-order valence-corrected chi connectivity index (χ2v) is 5.93. The van der Waals surface area contributed by atoms with Crippen molar-refractivity contribution in [1.82, 2.24) is 0 Å². The standard InChI is InChI=1S/C20H23NO6/c1-2-3-4-5-12-26-15-7-9-16(10-8-15)27-20(25)21-14-6-11-17(19(23)24)18(22)13-14/h6-11,13,22H,2-5,12H2,1H3,(H,21,25)(H,23,24). The Morgan fingerprint density at radius 2 is 1.70 bits per heavy atom. The summed E-state index contributed by atoms with van der Waals surface area (Å²) in [6, 6.07) is 10.4. The lowest BCUT2D eigenvalue weighted by Crippen LogP contribution is -2.16. The Morgan fingerprint density at radius 3 is 2.33 bits per heavy atom. The van der Waals surface area contributed by atoms with Crippen LogP contribution in [0.25, 0.3) is 0 Å². The molecule has 2 rings (SSSR count). The molecule has 0 heterocycles. The zero-order valence-corrected chi connectivity index (χ0v) is 15.1. The fourth-order valence-electron chi connectivity index (χ4n) is 2.36. The summed E-state index contributed by atoms with van der Waals surface area (Å²) in [6.45, 7) is 2.81. The third-order valence-corrected chi connectivity index (χ3v) is 3.78. The number of carbonyl (C=O) groups is 2. The predicted octanol–water partition coefficient (Wildman–Crippen LogP) is 4.66. The number of carbonyl (C=O) groups excluding carboxylic acids is 1. The molecular formula is C20H23NO6. The van der Waals surface area contributed by atoms with Crippen LogP contribution in [0.4, 0.5) is 10.5 Å². The van der Waals surface area contributed by atoms with E-state index in [1.165, 1.54) is 25.0 Å². The van der Waals surface area contributed by atoms with Gasteiger partial charge in [0.25, 0.3) is 0 Å². The Labute approximate surface area is 157 Å². The number of rotatable bonds is 9. The normalized spacial score (nSPS) is 10.3. The molecule has 0 aliphatic rings. The van der Waals surface area contributed by atoms with Gasteiger partial charge in [-0.15, -0.1) is 0 Å². The van der Waals surface area contributed by atoms with Crippen LogP contribution >= 0.6 is 0 Å². The first-order valence-electron chi connectivity index (χ1n) is 8.77. The second kappa shape index (κ2) is 10.1. The average molecular weight is 373 g/mol. The number of hydrogen-bond donors (Lipinski definition) is 3. The van der Waals surface area contributed by atoms with Crippen molar-refractivity contribution in [2.75, 3.05) is 11.9 Å². The highest BCUT2D eigenvalue weighted by molar-refractivity contribution is 5.93. The van der Waals surface area contributed by atoms with Gasteiger partial charge in [0.15, 0.2) is 0 Å². The smallest absolute Gasteiger partial charge is 0.417 e. The number of hydrogen-bond acceptors (Lipinski definition) is 5. The highest BCUT2D eigenvalue weighted by Crippen LogP contribution is 2.23. The van der Waals surface area contributed by atoms with E-state index in [4.69, 9.17) is 14.6 Å². The van der Waals surface area contributed by atoms with Crippen LogP contribution in [-0.2, 0) is 0 Å². The molecule has 0 fully saturated rings. The summed E-state index contributed by atoms with van der Waals surface area (Å²) in [5.74, 6) is -0.666. The lowest BCUT2D eigenvalue weighted by molar-refractivity contribution is 0.0693. The van der Waals surface area contributed by atoms with Gasteiger partial charge in [-0.05, 0) is 42.8 Å². The lowest BCUT2D eigenvalue weighted by atomic mass is 10.2. The zero-order chi connectivity index (χ0) is 19.6. The maximum Gasteiger partial charge on any atom is 0.417 e. The van der Waals surface area contributed by atoms with Crippen molar-refractivity contribution in [3.05, 3.63) is 48.0 Å². The van der Waals surface area contributed by atoms with Gasteiger partial charge in [0, 0.05) is 11.8 Å². The highest BCUT2D eigenvalue weighted by atomic mass is 16.6. The van der Waals surface area contributed by atoms with Gasteiger partial charge in [-0.1, -0.05) is 26.2 Å². The molecule has 2 aromatic rings. The molecule has 0 spiro atoms. The molecule has 0 saturated carbocycles. The highest BCUT2D eigenvalue weighted by Gasteiger charge is 2.12. The first kappa shape index (κ1) is 20.1. The summed E-state index contributed by atoms with van der Waals surface area (Å²) < 4.78 is 10.8. The molecule has 3 N–H and O–H groups in total. The third-order valence-electron chi connectivity index (χ3n) is 3.78. The summed E-state index contributed by atoms with van der Waals surface area (Å²) >= 11 is 0. The minimum absolute atomic E-state index is 0.217. The van der Waals surface area contributed by atoms with Gasteiger partial charge in [-0.25, -0.2) is 9.59 Å². The van der Waals surface area contributed by atoms with E-state index in [0.29, 0.717) is 18.1 Å². The number of aromatic hydroxyl groups is 1. The van der Waals surface area contributed by atoms with Crippen LogP contribution in [0.15, 0.2) is 42.5 Å². The largest absolute Gasteiger partial charge is 0.507 e. The van der Waals surface area contributed by atoms with E-state index in [-0.39, 0.29) is 11.3 Å². The maximum absolute atomic E-state index is 11.9. The van der Waals surface area contributed by atoms with Crippen LogP contribution in [-0.4, -0.2) is 28.9 Å². The van der Waals surface area contributed by atoms with Gasteiger partial charge in [0.05, 0.1) is 6.61 Å². The van der Waals surface area contributed by atoms with Gasteiger partial charge in [0.2, 0.25) is 0 Å². The molecule has 144 valence electrons. The summed E-state index contributed by atoms with van der Waals surface area (Å²) in [4.78, 5) is 22.8. The van der Waals surface area contributed by atoms with Crippen LogP contribution < -0.4 is 14.8 Å². The van der Waals surface area contributed by atoms with E-state index in [1.807, 2.05) is 0 Å². The molecule has 7 nitrogen and oxygen atoms in total. The molecule has 2 aromatic carbocycles. The van der Waals surface area contributed by atoms with Gasteiger partial charge in [-0.3, -0.25) is 5.32 Å². The zero-order valence-electron chi connectivity index (χ0n) is 15.1. The van der Waals surface area contributed by atoms with Gasteiger partial charge < -0.3 is 19.7 Å². The number of ether oxygens (including phenoxy) is 2. The molecule has 0 radical (unpaired) electrons. The van der Waals surface area contributed by atoms with E-state index in [1.54, 1.807) is 24.3 Å². The van der Waals surface area contributed by atoms with Crippen molar-refractivity contribution < 1.29 is 29.3 Å². The SMILES string of the molecule is CCCCCCOc1ccc(OC(=O)Nc2ccc(C(=O)O)c(O)c2)cc1. The molecule has 0 aliphatic carbocycles. The minimum Gasteiger partial charge on any atom is -0.507 e. The first-order chi connectivity index (χ1) is 13.0. The molecule has 0 unspecified atom stereocenters. The summed E-state index contributed by atoms with van der Waals surface area (Å²) in [7, 11) is 0. The molecule has 0 aromatic heterocycles. The van der Waals surface area contributed by atoms with Gasteiger partial charge in [-0.2, -0.15) is 0 Å². The monoisotopic (exact) mass is 373 g/mol. The van der Waals surface area contributed by atoms with Crippen LogP contribution in [0.2, 0.25) is 0 Å². The fourth-order valence-corrected chi connectivity index (χ4v) is 2.36. The summed E-state index contributed by atoms with van der Waals surface area (Å²) in [6.07, 6.45) is 3.76. The van der Waals surface area contributed by atoms with Crippen molar-refractivity contribution >= 4 is 17.7 Å². The Kier molecular flexibility index (Phi) is 7.49. The Balaban J connectivity index is 1.83. The first-order valence-corrected chi connectivity index (χ1v) is 8.77. The maximum atomic E-state index is 11.9. The Bertz CT molecular complexity index is 773. The topological polar surface area (TPSA) is 105 Å². The quantitative estimate of drug-likeness (QED) is 0.552. The fraction of sp³-hybridized carbons (Fsp3) is 0.300. The van der Waals surface area contributed by atoms with Gasteiger partial charge in [0.1, 0.15) is 22.8 Å². The van der Waals surface area contributed by atoms with Crippen LogP contribution in [0, 0.1) is 0 Å². The Hall–Kier alpha value is -3.22. The number of carboxylic acids is 1. The van der Waals surface area contributed by atoms with Crippen molar-refractivity contribution in [3.63, 3.8) is 0 Å². The van der Waals surface area contributed by atoms with Crippen molar-refractivity contribution in [2.45, 2.75) is 32.6 Å². The van der Waals surface area contributed by atoms with E-state index in [0.717, 1.165) is 18.9 Å². The summed E-state index contributed by atoms with van der Waals surface area (Å²) in [5, 5.41) is 20.9. The average Bonchev–Trinajstić information content (AvgIpc) is 2.62. The predicted molar refractivity (Wildman–Crippen MR) is 101 cm³/mol. The second-order valence-electron chi connectivity index (χ2n) is 5.93. The summed E-state index contributed by atoms with van der Waals surface area (Å²) in [5.41, 5.74) is -0.0336. The molecule has 27 heavy (non-hydrogen) atoms. The lowest BCUT2D eigenvalue weighted by Gasteiger charge is -2.09. The number of carboxylic acid groups (broad SMARTS) is 1. The molecule has 0 saturated heterocycles. The number of benzene rings is 2. The number of anilines is 1. The van der Waals surface area contributed by atoms with Crippen LogP contribution in [0.5, 0.6) is 17.2 Å². The third kappa shape index (κ3) is 6.54. The number of phenols is 1.